The van der Waals surface area contributed by atoms with Gasteiger partial charge in [0.25, 0.3) is 0 Å². The van der Waals surface area contributed by atoms with Gasteiger partial charge in [-0.25, -0.2) is 0 Å². The van der Waals surface area contributed by atoms with E-state index in [-0.39, 0.29) is 0 Å². The van der Waals surface area contributed by atoms with Crippen molar-refractivity contribution in [1.29, 1.82) is 0 Å². The molecule has 0 fully saturated rings. The molecule has 1 aromatic carbocycles. The van der Waals surface area contributed by atoms with Gasteiger partial charge >= 0.3 is 0 Å². The maximum absolute atomic E-state index is 5.90. The first-order valence-corrected chi connectivity index (χ1v) is 7.08. The maximum atomic E-state index is 5.90. The van der Waals surface area contributed by atoms with Crippen LogP contribution in [0.4, 0.5) is 11.4 Å². The number of hydrogen-bond acceptors (Lipinski definition) is 3. The predicted octanol–water partition coefficient (Wildman–Crippen LogP) is 5.21. The third-order valence-electron chi connectivity index (χ3n) is 2.68. The molecule has 0 radical (unpaired) electrons. The zero-order chi connectivity index (χ0) is 13.1. The van der Waals surface area contributed by atoms with Crippen LogP contribution in [0.2, 0.25) is 5.02 Å². The highest BCUT2D eigenvalue weighted by atomic mass is 35.5. The summed E-state index contributed by atoms with van der Waals surface area (Å²) >= 11 is 7.60. The molecule has 2 nitrogen and oxygen atoms in total. The van der Waals surface area contributed by atoms with Crippen molar-refractivity contribution < 1.29 is 0 Å². The number of pyridine rings is 1. The number of nitrogens with one attached hydrogen (secondary N) is 1. The molecule has 3 aromatic rings. The molecule has 0 bridgehead atoms. The molecule has 2 aromatic heterocycles. The molecule has 0 saturated carbocycles. The first kappa shape index (κ1) is 12.2. The monoisotopic (exact) mass is 286 g/mol. The van der Waals surface area contributed by atoms with Gasteiger partial charge in [-0.15, -0.1) is 11.3 Å². The van der Waals surface area contributed by atoms with E-state index in [0.29, 0.717) is 0 Å². The number of benzene rings is 1. The van der Waals surface area contributed by atoms with Gasteiger partial charge in [-0.2, -0.15) is 0 Å². The Morgan fingerprint density at radius 1 is 1.05 bits per heavy atom. The summed E-state index contributed by atoms with van der Waals surface area (Å²) in [5.41, 5.74) is 3.24. The van der Waals surface area contributed by atoms with Crippen LogP contribution in [0, 0.1) is 0 Å². The summed E-state index contributed by atoms with van der Waals surface area (Å²) in [5.74, 6) is 0. The van der Waals surface area contributed by atoms with Gasteiger partial charge in [0, 0.05) is 27.2 Å². The van der Waals surface area contributed by atoms with Crippen LogP contribution in [0.15, 0.2) is 60.2 Å². The molecule has 19 heavy (non-hydrogen) atoms. The van der Waals surface area contributed by atoms with Crippen molar-refractivity contribution in [3.8, 4) is 10.4 Å². The van der Waals surface area contributed by atoms with Crippen molar-refractivity contribution in [2.45, 2.75) is 0 Å². The van der Waals surface area contributed by atoms with E-state index in [9.17, 15) is 0 Å². The Balaban J connectivity index is 1.82. The second-order valence-corrected chi connectivity index (χ2v) is 5.42. The summed E-state index contributed by atoms with van der Waals surface area (Å²) < 4.78 is 0. The van der Waals surface area contributed by atoms with Crippen molar-refractivity contribution in [2.24, 2.45) is 0 Å². The summed E-state index contributed by atoms with van der Waals surface area (Å²) in [7, 11) is 0. The molecule has 0 atom stereocenters. The number of halogens is 1. The van der Waals surface area contributed by atoms with Gasteiger partial charge in [0.1, 0.15) is 0 Å². The minimum Gasteiger partial charge on any atom is -0.354 e. The highest BCUT2D eigenvalue weighted by molar-refractivity contribution is 7.14. The Labute approximate surface area is 120 Å². The molecule has 4 heteroatoms. The quantitative estimate of drug-likeness (QED) is 0.715. The average molecular weight is 287 g/mol. The topological polar surface area (TPSA) is 24.9 Å². The van der Waals surface area contributed by atoms with Crippen LogP contribution in [-0.4, -0.2) is 4.98 Å². The van der Waals surface area contributed by atoms with Crippen LogP contribution in [-0.2, 0) is 0 Å². The Hall–Kier alpha value is -1.84. The van der Waals surface area contributed by atoms with Crippen LogP contribution >= 0.6 is 22.9 Å². The summed E-state index contributed by atoms with van der Waals surface area (Å²) in [6, 6.07) is 13.9. The average Bonchev–Trinajstić information content (AvgIpc) is 2.89. The number of nitrogens with zero attached hydrogens (tertiary/aromatic N) is 1. The van der Waals surface area contributed by atoms with Crippen LogP contribution in [0.1, 0.15) is 0 Å². The second-order valence-electron chi connectivity index (χ2n) is 4.07. The highest BCUT2D eigenvalue weighted by Crippen LogP contribution is 2.31. The molecule has 0 amide bonds. The largest absolute Gasteiger partial charge is 0.354 e. The molecule has 94 valence electrons. The molecular weight excluding hydrogens is 276 g/mol. The van der Waals surface area contributed by atoms with Gasteiger partial charge < -0.3 is 5.32 Å². The third-order valence-corrected chi connectivity index (χ3v) is 3.91. The van der Waals surface area contributed by atoms with Crippen LogP contribution in [0.25, 0.3) is 10.4 Å². The van der Waals surface area contributed by atoms with Crippen molar-refractivity contribution in [3.63, 3.8) is 0 Å². The fourth-order valence-electron chi connectivity index (χ4n) is 1.77. The van der Waals surface area contributed by atoms with Crippen molar-refractivity contribution in [2.75, 3.05) is 5.32 Å². The molecule has 0 spiro atoms. The summed E-state index contributed by atoms with van der Waals surface area (Å²) in [5, 5.41) is 6.18. The minimum absolute atomic E-state index is 0.758. The zero-order valence-corrected chi connectivity index (χ0v) is 11.6. The molecule has 0 aliphatic heterocycles. The van der Waals surface area contributed by atoms with Crippen LogP contribution in [0.3, 0.4) is 0 Å². The van der Waals surface area contributed by atoms with E-state index in [1.165, 1.54) is 10.4 Å². The molecule has 3 rings (SSSR count). The summed E-state index contributed by atoms with van der Waals surface area (Å²) in [6.07, 6.45) is 3.57. The number of rotatable bonds is 3. The molecule has 1 N–H and O–H groups in total. The molecule has 0 aliphatic carbocycles. The van der Waals surface area contributed by atoms with E-state index in [0.717, 1.165) is 16.4 Å². The molecule has 2 heterocycles. The second kappa shape index (κ2) is 5.43. The van der Waals surface area contributed by atoms with E-state index in [2.05, 4.69) is 21.7 Å². The van der Waals surface area contributed by atoms with Crippen molar-refractivity contribution in [1.82, 2.24) is 4.98 Å². The molecule has 0 unspecified atom stereocenters. The SMILES string of the molecule is Clc1ccc(-c2cc(Nc3cccnc3)cs2)cc1. The summed E-state index contributed by atoms with van der Waals surface area (Å²) in [6.45, 7) is 0. The van der Waals surface area contributed by atoms with E-state index >= 15 is 0 Å². The molecule has 0 aliphatic rings. The van der Waals surface area contributed by atoms with Crippen LogP contribution in [0.5, 0.6) is 0 Å². The lowest BCUT2D eigenvalue weighted by Crippen LogP contribution is -1.87. The fraction of sp³-hybridized carbons (Fsp3) is 0. The number of anilines is 2. The maximum Gasteiger partial charge on any atom is 0.0570 e. The molecular formula is C15H11ClN2S. The van der Waals surface area contributed by atoms with Gasteiger partial charge in [-0.05, 0) is 35.9 Å². The van der Waals surface area contributed by atoms with Gasteiger partial charge in [0.2, 0.25) is 0 Å². The third kappa shape index (κ3) is 2.95. The summed E-state index contributed by atoms with van der Waals surface area (Å²) in [4.78, 5) is 5.29. The van der Waals surface area contributed by atoms with E-state index in [1.807, 2.05) is 36.4 Å². The lowest BCUT2D eigenvalue weighted by molar-refractivity contribution is 1.32. The van der Waals surface area contributed by atoms with Gasteiger partial charge in [-0.1, -0.05) is 23.7 Å². The number of hydrogen-bond donors (Lipinski definition) is 1. The predicted molar refractivity (Wildman–Crippen MR) is 82.3 cm³/mol. The lowest BCUT2D eigenvalue weighted by Gasteiger charge is -2.01. The van der Waals surface area contributed by atoms with Crippen molar-refractivity contribution in [3.05, 3.63) is 65.3 Å². The van der Waals surface area contributed by atoms with E-state index in [4.69, 9.17) is 11.6 Å². The van der Waals surface area contributed by atoms with E-state index in [1.54, 1.807) is 23.7 Å². The van der Waals surface area contributed by atoms with Crippen molar-refractivity contribution >= 4 is 34.3 Å². The fourth-order valence-corrected chi connectivity index (χ4v) is 2.74. The molecule has 0 saturated heterocycles. The first-order chi connectivity index (χ1) is 9.31. The van der Waals surface area contributed by atoms with E-state index < -0.39 is 0 Å². The highest BCUT2D eigenvalue weighted by Gasteiger charge is 2.03. The van der Waals surface area contributed by atoms with Crippen LogP contribution < -0.4 is 5.32 Å². The number of thiophene rings is 1. The standard InChI is InChI=1S/C15H11ClN2S/c16-12-5-3-11(4-6-12)15-8-14(10-19-15)18-13-2-1-7-17-9-13/h1-10,18H. The van der Waals surface area contributed by atoms with Gasteiger partial charge in [-0.3, -0.25) is 4.98 Å². The normalized spacial score (nSPS) is 10.4. The van der Waals surface area contributed by atoms with Gasteiger partial charge in [0.15, 0.2) is 0 Å². The zero-order valence-electron chi connectivity index (χ0n) is 10.0. The Morgan fingerprint density at radius 3 is 2.63 bits per heavy atom. The Bertz CT molecular complexity index is 662. The lowest BCUT2D eigenvalue weighted by atomic mass is 10.2. The van der Waals surface area contributed by atoms with Gasteiger partial charge in [0.05, 0.1) is 11.9 Å². The smallest absolute Gasteiger partial charge is 0.0570 e. The first-order valence-electron chi connectivity index (χ1n) is 5.83. The minimum atomic E-state index is 0.758. The number of aromatic nitrogens is 1. The Kier molecular flexibility index (Phi) is 3.49. The Morgan fingerprint density at radius 2 is 1.89 bits per heavy atom.